The van der Waals surface area contributed by atoms with Crippen molar-refractivity contribution in [1.29, 1.82) is 0 Å². The normalized spacial score (nSPS) is 9.76. The van der Waals surface area contributed by atoms with Crippen molar-refractivity contribution in [2.24, 2.45) is 0 Å². The highest BCUT2D eigenvalue weighted by atomic mass is 16.5. The van der Waals surface area contributed by atoms with Gasteiger partial charge in [-0.2, -0.15) is 0 Å². The molecule has 5 heteroatoms. The Morgan fingerprint density at radius 2 is 1.82 bits per heavy atom. The largest absolute Gasteiger partial charge is 0.458 e. The lowest BCUT2D eigenvalue weighted by atomic mass is 10.2. The van der Waals surface area contributed by atoms with Gasteiger partial charge in [-0.3, -0.25) is 14.4 Å². The third kappa shape index (κ3) is 10.9. The molecule has 0 radical (unpaired) electrons. The number of carbonyl (C=O) groups is 3. The lowest BCUT2D eigenvalue weighted by Crippen LogP contribution is -2.23. The van der Waals surface area contributed by atoms with Crippen LogP contribution in [-0.4, -0.2) is 30.8 Å². The molecule has 0 aromatic heterocycles. The van der Waals surface area contributed by atoms with Crippen molar-refractivity contribution in [3.8, 4) is 0 Å². The molecule has 0 aliphatic heterocycles. The summed E-state index contributed by atoms with van der Waals surface area (Å²) in [5.74, 6) is -0.475. The van der Waals surface area contributed by atoms with Gasteiger partial charge in [-0.25, -0.2) is 0 Å². The van der Waals surface area contributed by atoms with Gasteiger partial charge in [0.15, 0.2) is 5.78 Å². The Morgan fingerprint density at radius 3 is 2.41 bits per heavy atom. The van der Waals surface area contributed by atoms with E-state index in [0.29, 0.717) is 19.4 Å². The first kappa shape index (κ1) is 15.6. The van der Waals surface area contributed by atoms with Gasteiger partial charge in [0.2, 0.25) is 5.91 Å². The number of unbranched alkanes of at least 4 members (excludes halogenated alkanes) is 1. The smallest absolute Gasteiger partial charge is 0.306 e. The Morgan fingerprint density at radius 1 is 1.12 bits per heavy atom. The predicted molar refractivity (Wildman–Crippen MR) is 63.4 cm³/mol. The molecule has 0 unspecified atom stereocenters. The molecule has 5 nitrogen and oxygen atoms in total. The second-order valence-corrected chi connectivity index (χ2v) is 3.92. The van der Waals surface area contributed by atoms with Gasteiger partial charge in [0, 0.05) is 19.4 Å². The summed E-state index contributed by atoms with van der Waals surface area (Å²) in [6, 6.07) is 0. The molecule has 0 saturated heterocycles. The quantitative estimate of drug-likeness (QED) is 0.488. The zero-order valence-electron chi connectivity index (χ0n) is 10.6. The number of ketones is 1. The minimum absolute atomic E-state index is 0.0478. The molecule has 0 aromatic rings. The van der Waals surface area contributed by atoms with E-state index in [1.165, 1.54) is 6.92 Å². The van der Waals surface area contributed by atoms with Crippen LogP contribution >= 0.6 is 0 Å². The molecule has 1 amide bonds. The monoisotopic (exact) mass is 243 g/mol. The molecular weight excluding hydrogens is 222 g/mol. The lowest BCUT2D eigenvalue weighted by molar-refractivity contribution is -0.147. The summed E-state index contributed by atoms with van der Waals surface area (Å²) in [6.07, 6.45) is 3.06. The molecule has 0 aliphatic carbocycles. The van der Waals surface area contributed by atoms with Crippen molar-refractivity contribution in [3.05, 3.63) is 0 Å². The second kappa shape index (κ2) is 9.81. The van der Waals surface area contributed by atoms with E-state index < -0.39 is 0 Å². The van der Waals surface area contributed by atoms with Gasteiger partial charge in [0.1, 0.15) is 6.61 Å². The number of esters is 1. The number of hydrogen-bond acceptors (Lipinski definition) is 4. The lowest BCUT2D eigenvalue weighted by Gasteiger charge is -2.04. The van der Waals surface area contributed by atoms with Gasteiger partial charge in [-0.15, -0.1) is 0 Å². The number of nitrogens with one attached hydrogen (secondary N) is 1. The molecule has 0 rings (SSSR count). The maximum Gasteiger partial charge on any atom is 0.306 e. The van der Waals surface area contributed by atoms with Crippen LogP contribution in [0.4, 0.5) is 0 Å². The zero-order chi connectivity index (χ0) is 13.1. The van der Waals surface area contributed by atoms with Crippen LogP contribution in [0.2, 0.25) is 0 Å². The fourth-order valence-corrected chi connectivity index (χ4v) is 1.19. The highest BCUT2D eigenvalue weighted by Gasteiger charge is 2.04. The van der Waals surface area contributed by atoms with Crippen molar-refractivity contribution in [2.45, 2.75) is 46.0 Å². The second-order valence-electron chi connectivity index (χ2n) is 3.92. The third-order valence-electron chi connectivity index (χ3n) is 2.04. The average Bonchev–Trinajstić information content (AvgIpc) is 2.26. The van der Waals surface area contributed by atoms with E-state index in [9.17, 15) is 14.4 Å². The minimum Gasteiger partial charge on any atom is -0.458 e. The maximum atomic E-state index is 11.1. The first-order valence-corrected chi connectivity index (χ1v) is 5.98. The van der Waals surface area contributed by atoms with E-state index in [1.54, 1.807) is 0 Å². The highest BCUT2D eigenvalue weighted by molar-refractivity contribution is 5.80. The van der Waals surface area contributed by atoms with Crippen molar-refractivity contribution < 1.29 is 19.1 Å². The number of ether oxygens (including phenoxy) is 1. The molecule has 0 bridgehead atoms. The van der Waals surface area contributed by atoms with Crippen LogP contribution in [0.5, 0.6) is 0 Å². The van der Waals surface area contributed by atoms with E-state index in [4.69, 9.17) is 4.74 Å². The molecule has 0 aromatic carbocycles. The summed E-state index contributed by atoms with van der Waals surface area (Å²) in [4.78, 5) is 32.7. The van der Waals surface area contributed by atoms with Crippen LogP contribution in [0.3, 0.4) is 0 Å². The van der Waals surface area contributed by atoms with Crippen LogP contribution in [0.15, 0.2) is 0 Å². The topological polar surface area (TPSA) is 72.5 Å². The molecule has 0 spiro atoms. The minimum atomic E-state index is -0.361. The summed E-state index contributed by atoms with van der Waals surface area (Å²) < 4.78 is 4.69. The Hall–Kier alpha value is -1.39. The average molecular weight is 243 g/mol. The van der Waals surface area contributed by atoms with Gasteiger partial charge in [0.05, 0.1) is 0 Å². The van der Waals surface area contributed by atoms with Gasteiger partial charge in [-0.05, 0) is 26.2 Å². The molecule has 98 valence electrons. The van der Waals surface area contributed by atoms with Crippen LogP contribution in [-0.2, 0) is 19.1 Å². The van der Waals surface area contributed by atoms with Crippen LogP contribution in [0.1, 0.15) is 46.0 Å². The molecule has 1 N–H and O–H groups in total. The van der Waals surface area contributed by atoms with Crippen molar-refractivity contribution in [1.82, 2.24) is 5.32 Å². The van der Waals surface area contributed by atoms with E-state index in [-0.39, 0.29) is 30.7 Å². The molecule has 0 atom stereocenters. The van der Waals surface area contributed by atoms with Crippen molar-refractivity contribution >= 4 is 17.7 Å². The number of Topliss-reactive ketones (excluding diaryl/α,β-unsaturated/α-hetero) is 1. The number of carbonyl (C=O) groups excluding carboxylic acids is 3. The van der Waals surface area contributed by atoms with E-state index >= 15 is 0 Å². The van der Waals surface area contributed by atoms with Gasteiger partial charge >= 0.3 is 5.97 Å². The Labute approximate surface area is 102 Å². The molecule has 0 aliphatic rings. The summed E-state index contributed by atoms with van der Waals surface area (Å²) >= 11 is 0. The fourth-order valence-electron chi connectivity index (χ4n) is 1.19. The molecule has 0 fully saturated rings. The summed E-state index contributed by atoms with van der Waals surface area (Å²) in [6.45, 7) is 3.76. The number of rotatable bonds is 9. The van der Waals surface area contributed by atoms with Gasteiger partial charge in [-0.1, -0.05) is 6.92 Å². The SMILES string of the molecule is CCCC(=O)NCCCCC(=O)OCC(C)=O. The Kier molecular flexibility index (Phi) is 9.01. The zero-order valence-corrected chi connectivity index (χ0v) is 10.6. The van der Waals surface area contributed by atoms with Gasteiger partial charge in [0.25, 0.3) is 0 Å². The summed E-state index contributed by atoms with van der Waals surface area (Å²) in [5.41, 5.74) is 0. The molecule has 0 saturated carbocycles. The van der Waals surface area contributed by atoms with Crippen LogP contribution in [0, 0.1) is 0 Å². The summed E-state index contributed by atoms with van der Waals surface area (Å²) in [5, 5.41) is 2.76. The molecule has 17 heavy (non-hydrogen) atoms. The third-order valence-corrected chi connectivity index (χ3v) is 2.04. The first-order valence-electron chi connectivity index (χ1n) is 5.98. The van der Waals surface area contributed by atoms with Gasteiger partial charge < -0.3 is 10.1 Å². The highest BCUT2D eigenvalue weighted by Crippen LogP contribution is 1.97. The van der Waals surface area contributed by atoms with Crippen LogP contribution in [0.25, 0.3) is 0 Å². The Balaban J connectivity index is 3.36. The number of hydrogen-bond donors (Lipinski definition) is 1. The maximum absolute atomic E-state index is 11.1. The van der Waals surface area contributed by atoms with E-state index in [1.807, 2.05) is 6.92 Å². The standard InChI is InChI=1S/C12H21NO4/c1-3-6-11(15)13-8-5-4-7-12(16)17-9-10(2)14/h3-9H2,1-2H3,(H,13,15). The molecule has 0 heterocycles. The van der Waals surface area contributed by atoms with Crippen molar-refractivity contribution in [2.75, 3.05) is 13.2 Å². The first-order chi connectivity index (χ1) is 8.06. The number of amides is 1. The Bertz CT molecular complexity index is 263. The summed E-state index contributed by atoms with van der Waals surface area (Å²) in [7, 11) is 0. The van der Waals surface area contributed by atoms with E-state index in [0.717, 1.165) is 12.8 Å². The van der Waals surface area contributed by atoms with Crippen LogP contribution < -0.4 is 5.32 Å². The van der Waals surface area contributed by atoms with Crippen molar-refractivity contribution in [3.63, 3.8) is 0 Å². The predicted octanol–water partition coefficient (Wildman–Crippen LogP) is 1.21. The fraction of sp³-hybridized carbons (Fsp3) is 0.750. The molecular formula is C12H21NO4. The van der Waals surface area contributed by atoms with E-state index in [2.05, 4.69) is 5.32 Å².